The first kappa shape index (κ1) is 14.0. The zero-order valence-electron chi connectivity index (χ0n) is 9.92. The Bertz CT molecular complexity index is 416. The van der Waals surface area contributed by atoms with E-state index in [2.05, 4.69) is 0 Å². The van der Waals surface area contributed by atoms with Gasteiger partial charge in [0, 0.05) is 25.8 Å². The Balaban J connectivity index is 2.60. The SMILES string of the molecule is CC(C(=O)N1CCC(CC(=O)O)C1)S(C)(=O)=O. The Kier molecular flexibility index (Phi) is 4.13. The molecule has 7 heteroatoms. The topological polar surface area (TPSA) is 91.8 Å². The van der Waals surface area contributed by atoms with Crippen LogP contribution in [0, 0.1) is 5.92 Å². The molecule has 6 nitrogen and oxygen atoms in total. The summed E-state index contributed by atoms with van der Waals surface area (Å²) in [6, 6.07) is 0. The molecule has 0 aromatic carbocycles. The second kappa shape index (κ2) is 5.03. The minimum Gasteiger partial charge on any atom is -0.481 e. The van der Waals surface area contributed by atoms with Crippen molar-refractivity contribution in [1.29, 1.82) is 0 Å². The molecular weight excluding hydrogens is 246 g/mol. The number of hydrogen-bond acceptors (Lipinski definition) is 4. The third-order valence-electron chi connectivity index (χ3n) is 3.05. The molecular formula is C10H17NO5S. The average Bonchev–Trinajstić information content (AvgIpc) is 2.61. The van der Waals surface area contributed by atoms with Crippen LogP contribution in [0.25, 0.3) is 0 Å². The number of rotatable bonds is 4. The summed E-state index contributed by atoms with van der Waals surface area (Å²) in [6.45, 7) is 2.14. The standard InChI is InChI=1S/C10H17NO5S/c1-7(17(2,15)16)10(14)11-4-3-8(6-11)5-9(12)13/h7-8H,3-6H2,1-2H3,(H,12,13). The van der Waals surface area contributed by atoms with Crippen LogP contribution < -0.4 is 0 Å². The molecule has 0 aliphatic carbocycles. The Morgan fingerprint density at radius 1 is 1.47 bits per heavy atom. The Morgan fingerprint density at radius 3 is 2.53 bits per heavy atom. The predicted molar refractivity (Wildman–Crippen MR) is 61.2 cm³/mol. The number of sulfone groups is 1. The van der Waals surface area contributed by atoms with E-state index in [0.717, 1.165) is 6.26 Å². The van der Waals surface area contributed by atoms with Crippen molar-refractivity contribution in [2.24, 2.45) is 5.92 Å². The first-order valence-corrected chi connectivity index (χ1v) is 7.36. The van der Waals surface area contributed by atoms with Crippen molar-refractivity contribution in [3.63, 3.8) is 0 Å². The minimum absolute atomic E-state index is 0.0248. The summed E-state index contributed by atoms with van der Waals surface area (Å²) in [7, 11) is -3.39. The number of nitrogens with zero attached hydrogens (tertiary/aromatic N) is 1. The molecule has 98 valence electrons. The van der Waals surface area contributed by atoms with Gasteiger partial charge in [-0.2, -0.15) is 0 Å². The normalized spacial score (nSPS) is 22.5. The van der Waals surface area contributed by atoms with Gasteiger partial charge in [-0.05, 0) is 19.3 Å². The number of aliphatic carboxylic acids is 1. The molecule has 1 N–H and O–H groups in total. The van der Waals surface area contributed by atoms with Crippen LogP contribution in [-0.4, -0.2) is 54.9 Å². The van der Waals surface area contributed by atoms with E-state index in [9.17, 15) is 18.0 Å². The third-order valence-corrected chi connectivity index (χ3v) is 4.54. The van der Waals surface area contributed by atoms with Gasteiger partial charge in [0.25, 0.3) is 0 Å². The highest BCUT2D eigenvalue weighted by molar-refractivity contribution is 7.92. The molecule has 1 rings (SSSR count). The number of carbonyl (C=O) groups excluding carboxylic acids is 1. The van der Waals surface area contributed by atoms with E-state index in [-0.39, 0.29) is 12.3 Å². The molecule has 1 aliphatic rings. The molecule has 1 saturated heterocycles. The Labute approximate surface area is 101 Å². The van der Waals surface area contributed by atoms with Crippen molar-refractivity contribution in [1.82, 2.24) is 4.90 Å². The van der Waals surface area contributed by atoms with Crippen LogP contribution in [0.5, 0.6) is 0 Å². The lowest BCUT2D eigenvalue weighted by Gasteiger charge is -2.19. The van der Waals surface area contributed by atoms with E-state index in [1.807, 2.05) is 0 Å². The second-order valence-corrected chi connectivity index (χ2v) is 6.87. The molecule has 0 bridgehead atoms. The van der Waals surface area contributed by atoms with Crippen LogP contribution in [0.15, 0.2) is 0 Å². The average molecular weight is 263 g/mol. The van der Waals surface area contributed by atoms with E-state index in [1.165, 1.54) is 11.8 Å². The summed E-state index contributed by atoms with van der Waals surface area (Å²) >= 11 is 0. The highest BCUT2D eigenvalue weighted by Crippen LogP contribution is 2.21. The van der Waals surface area contributed by atoms with Crippen LogP contribution in [0.4, 0.5) is 0 Å². The molecule has 1 fully saturated rings. The molecule has 0 radical (unpaired) electrons. The summed E-state index contributed by atoms with van der Waals surface area (Å²) in [5, 5.41) is 7.59. The van der Waals surface area contributed by atoms with Gasteiger partial charge in [0.05, 0.1) is 0 Å². The molecule has 2 atom stereocenters. The lowest BCUT2D eigenvalue weighted by molar-refractivity contribution is -0.138. The van der Waals surface area contributed by atoms with E-state index in [1.54, 1.807) is 0 Å². The molecule has 17 heavy (non-hydrogen) atoms. The third kappa shape index (κ3) is 3.69. The molecule has 0 saturated carbocycles. The second-order valence-electron chi connectivity index (χ2n) is 4.51. The summed E-state index contributed by atoms with van der Waals surface area (Å²) in [4.78, 5) is 23.8. The maximum absolute atomic E-state index is 11.8. The lowest BCUT2D eigenvalue weighted by atomic mass is 10.1. The monoisotopic (exact) mass is 263 g/mol. The van der Waals surface area contributed by atoms with Crippen LogP contribution in [0.3, 0.4) is 0 Å². The zero-order chi connectivity index (χ0) is 13.2. The summed E-state index contributed by atoms with van der Waals surface area (Å²) < 4.78 is 22.5. The molecule has 0 aromatic heterocycles. The lowest BCUT2D eigenvalue weighted by Crippen LogP contribution is -2.40. The predicted octanol–water partition coefficient (Wildman–Crippen LogP) is -0.257. The highest BCUT2D eigenvalue weighted by atomic mass is 32.2. The molecule has 0 spiro atoms. The van der Waals surface area contributed by atoms with Gasteiger partial charge in [0.15, 0.2) is 9.84 Å². The van der Waals surface area contributed by atoms with Crippen molar-refractivity contribution >= 4 is 21.7 Å². The number of amides is 1. The fourth-order valence-electron chi connectivity index (χ4n) is 1.89. The largest absolute Gasteiger partial charge is 0.481 e. The van der Waals surface area contributed by atoms with Gasteiger partial charge in [-0.25, -0.2) is 8.42 Å². The van der Waals surface area contributed by atoms with Crippen molar-refractivity contribution in [2.75, 3.05) is 19.3 Å². The van der Waals surface area contributed by atoms with Crippen molar-refractivity contribution in [2.45, 2.75) is 25.0 Å². The van der Waals surface area contributed by atoms with E-state index in [4.69, 9.17) is 5.11 Å². The Hall–Kier alpha value is -1.11. The van der Waals surface area contributed by atoms with E-state index in [0.29, 0.717) is 19.5 Å². The summed E-state index contributed by atoms with van der Waals surface area (Å²) in [5.41, 5.74) is 0. The van der Waals surface area contributed by atoms with Crippen molar-refractivity contribution < 1.29 is 23.1 Å². The van der Waals surface area contributed by atoms with Gasteiger partial charge < -0.3 is 10.0 Å². The van der Waals surface area contributed by atoms with Gasteiger partial charge >= 0.3 is 5.97 Å². The maximum atomic E-state index is 11.8. The van der Waals surface area contributed by atoms with E-state index >= 15 is 0 Å². The minimum atomic E-state index is -3.39. The highest BCUT2D eigenvalue weighted by Gasteiger charge is 2.33. The van der Waals surface area contributed by atoms with Gasteiger partial charge in [-0.3, -0.25) is 9.59 Å². The van der Waals surface area contributed by atoms with Gasteiger partial charge in [-0.1, -0.05) is 0 Å². The molecule has 0 aromatic rings. The fourth-order valence-corrected chi connectivity index (χ4v) is 2.40. The number of carbonyl (C=O) groups is 2. The molecule has 2 unspecified atom stereocenters. The number of hydrogen-bond donors (Lipinski definition) is 1. The number of carboxylic acid groups (broad SMARTS) is 1. The smallest absolute Gasteiger partial charge is 0.303 e. The quantitative estimate of drug-likeness (QED) is 0.754. The zero-order valence-corrected chi connectivity index (χ0v) is 10.7. The van der Waals surface area contributed by atoms with Crippen molar-refractivity contribution in [3.05, 3.63) is 0 Å². The fraction of sp³-hybridized carbons (Fsp3) is 0.800. The van der Waals surface area contributed by atoms with Crippen LogP contribution in [0.2, 0.25) is 0 Å². The molecule has 1 aliphatic heterocycles. The summed E-state index contributed by atoms with van der Waals surface area (Å²) in [5.74, 6) is -1.39. The number of likely N-dealkylation sites (tertiary alicyclic amines) is 1. The van der Waals surface area contributed by atoms with Gasteiger partial charge in [0.1, 0.15) is 5.25 Å². The van der Waals surface area contributed by atoms with Crippen molar-refractivity contribution in [3.8, 4) is 0 Å². The first-order valence-electron chi connectivity index (χ1n) is 5.41. The Morgan fingerprint density at radius 2 is 2.06 bits per heavy atom. The number of carboxylic acids is 1. The van der Waals surface area contributed by atoms with Crippen LogP contribution >= 0.6 is 0 Å². The van der Waals surface area contributed by atoms with Crippen LogP contribution in [-0.2, 0) is 19.4 Å². The van der Waals surface area contributed by atoms with Gasteiger partial charge in [0.2, 0.25) is 5.91 Å². The van der Waals surface area contributed by atoms with Crippen LogP contribution in [0.1, 0.15) is 19.8 Å². The first-order chi connectivity index (χ1) is 7.71. The van der Waals surface area contributed by atoms with Gasteiger partial charge in [-0.15, -0.1) is 0 Å². The molecule has 1 heterocycles. The molecule has 1 amide bonds. The maximum Gasteiger partial charge on any atom is 0.303 e. The summed E-state index contributed by atoms with van der Waals surface area (Å²) in [6.07, 6.45) is 1.67. The van der Waals surface area contributed by atoms with E-state index < -0.39 is 27.0 Å².